The molecule has 0 saturated heterocycles. The number of nitrogens with one attached hydrogen (secondary N) is 2. The van der Waals surface area contributed by atoms with E-state index in [4.69, 9.17) is 21.1 Å². The standard InChI is InChI=1S/C27H26ClF3N6O3/c1-15-10-24(35-36(15)14-16-4-7-18(28)8-5-16)33-26(38)20-13-25-32-19(12-23(27(29,30)31)37(25)34-20)17-6-9-21(39-2)22(11-17)40-3/h4-11,13,19,23,32H,12,14H2,1-3H3,(H,33,35,38)/t19-,23+/m0/s1. The fourth-order valence-electron chi connectivity index (χ4n) is 4.65. The molecule has 2 atom stereocenters. The number of hydrogen-bond acceptors (Lipinski definition) is 6. The maximum Gasteiger partial charge on any atom is 0.410 e. The molecule has 0 spiro atoms. The molecule has 0 aliphatic carbocycles. The lowest BCUT2D eigenvalue weighted by atomic mass is 9.96. The zero-order valence-corrected chi connectivity index (χ0v) is 22.5. The lowest BCUT2D eigenvalue weighted by Gasteiger charge is -2.33. The average Bonchev–Trinajstić information content (AvgIpc) is 3.51. The van der Waals surface area contributed by atoms with Crippen LogP contribution in [0.15, 0.2) is 54.6 Å². The fourth-order valence-corrected chi connectivity index (χ4v) is 4.77. The summed E-state index contributed by atoms with van der Waals surface area (Å²) in [4.78, 5) is 13.0. The van der Waals surface area contributed by atoms with Crippen molar-refractivity contribution in [3.63, 3.8) is 0 Å². The molecule has 1 amide bonds. The normalized spacial score (nSPS) is 16.7. The van der Waals surface area contributed by atoms with Crippen LogP contribution in [0, 0.1) is 6.92 Å². The third-order valence-electron chi connectivity index (χ3n) is 6.70. The number of nitrogens with zero attached hydrogens (tertiary/aromatic N) is 4. The molecule has 0 saturated carbocycles. The second-order valence-electron chi connectivity index (χ2n) is 9.37. The molecule has 0 unspecified atom stereocenters. The third-order valence-corrected chi connectivity index (χ3v) is 6.95. The van der Waals surface area contributed by atoms with E-state index >= 15 is 0 Å². The molecule has 40 heavy (non-hydrogen) atoms. The van der Waals surface area contributed by atoms with Crippen LogP contribution in [0.5, 0.6) is 11.5 Å². The van der Waals surface area contributed by atoms with Gasteiger partial charge in [0, 0.05) is 29.3 Å². The quantitative estimate of drug-likeness (QED) is 0.280. The minimum absolute atomic E-state index is 0.0722. The van der Waals surface area contributed by atoms with Gasteiger partial charge in [-0.3, -0.25) is 9.48 Å². The summed E-state index contributed by atoms with van der Waals surface area (Å²) in [7, 11) is 2.93. The minimum Gasteiger partial charge on any atom is -0.493 e. The van der Waals surface area contributed by atoms with E-state index in [0.29, 0.717) is 28.6 Å². The van der Waals surface area contributed by atoms with Crippen LogP contribution in [-0.2, 0) is 6.54 Å². The number of methoxy groups -OCH3 is 2. The number of aromatic nitrogens is 4. The van der Waals surface area contributed by atoms with Gasteiger partial charge in [-0.2, -0.15) is 23.4 Å². The predicted molar refractivity (Wildman–Crippen MR) is 143 cm³/mol. The van der Waals surface area contributed by atoms with Gasteiger partial charge in [-0.25, -0.2) is 4.68 Å². The highest BCUT2D eigenvalue weighted by Gasteiger charge is 2.47. The summed E-state index contributed by atoms with van der Waals surface area (Å²) in [6.45, 7) is 2.28. The van der Waals surface area contributed by atoms with E-state index in [1.165, 1.54) is 20.3 Å². The summed E-state index contributed by atoms with van der Waals surface area (Å²) < 4.78 is 55.4. The number of rotatable bonds is 7. The van der Waals surface area contributed by atoms with Crippen LogP contribution in [0.2, 0.25) is 5.02 Å². The Hall–Kier alpha value is -4.19. The molecule has 13 heteroatoms. The molecule has 2 N–H and O–H groups in total. The van der Waals surface area contributed by atoms with Crippen molar-refractivity contribution in [2.24, 2.45) is 0 Å². The van der Waals surface area contributed by atoms with Crippen molar-refractivity contribution in [3.05, 3.63) is 82.1 Å². The van der Waals surface area contributed by atoms with Crippen LogP contribution in [0.3, 0.4) is 0 Å². The maximum absolute atomic E-state index is 14.1. The Labute approximate surface area is 232 Å². The smallest absolute Gasteiger partial charge is 0.410 e. The van der Waals surface area contributed by atoms with Gasteiger partial charge < -0.3 is 20.1 Å². The molecule has 0 fully saturated rings. The summed E-state index contributed by atoms with van der Waals surface area (Å²) in [5.74, 6) is 0.511. The first kappa shape index (κ1) is 27.4. The molecule has 0 radical (unpaired) electrons. The molecule has 4 aromatic rings. The van der Waals surface area contributed by atoms with Gasteiger partial charge in [0.2, 0.25) is 0 Å². The second-order valence-corrected chi connectivity index (χ2v) is 9.81. The Morgan fingerprint density at radius 3 is 2.48 bits per heavy atom. The average molecular weight is 575 g/mol. The molecule has 0 bridgehead atoms. The number of amides is 1. The van der Waals surface area contributed by atoms with E-state index in [1.54, 1.807) is 41.1 Å². The number of carbonyl (C=O) groups is 1. The zero-order chi connectivity index (χ0) is 28.6. The van der Waals surface area contributed by atoms with Crippen molar-refractivity contribution >= 4 is 29.1 Å². The Morgan fingerprint density at radius 2 is 1.80 bits per heavy atom. The van der Waals surface area contributed by atoms with Crippen molar-refractivity contribution in [1.82, 2.24) is 19.6 Å². The van der Waals surface area contributed by atoms with Gasteiger partial charge in [0.1, 0.15) is 5.82 Å². The van der Waals surface area contributed by atoms with E-state index in [-0.39, 0.29) is 23.8 Å². The van der Waals surface area contributed by atoms with E-state index in [0.717, 1.165) is 15.9 Å². The predicted octanol–water partition coefficient (Wildman–Crippen LogP) is 6.02. The molecule has 3 heterocycles. The zero-order valence-electron chi connectivity index (χ0n) is 21.8. The molecule has 2 aromatic heterocycles. The van der Waals surface area contributed by atoms with E-state index in [1.807, 2.05) is 19.1 Å². The number of aryl methyl sites for hydroxylation is 1. The Bertz CT molecular complexity index is 1530. The Kier molecular flexibility index (Phi) is 7.37. The SMILES string of the molecule is COc1ccc([C@@H]2C[C@H](C(F)(F)F)n3nc(C(=O)Nc4cc(C)n(Cc5ccc(Cl)cc5)n4)cc3N2)cc1OC. The van der Waals surface area contributed by atoms with Crippen LogP contribution in [-0.4, -0.2) is 45.9 Å². The number of carbonyl (C=O) groups excluding carboxylic acids is 1. The van der Waals surface area contributed by atoms with Gasteiger partial charge in [0.25, 0.3) is 5.91 Å². The first-order valence-electron chi connectivity index (χ1n) is 12.3. The van der Waals surface area contributed by atoms with Gasteiger partial charge in [-0.05, 0) is 42.3 Å². The van der Waals surface area contributed by atoms with Gasteiger partial charge in [-0.15, -0.1) is 0 Å². The number of halogens is 4. The summed E-state index contributed by atoms with van der Waals surface area (Å²) in [5, 5.41) is 14.8. The largest absolute Gasteiger partial charge is 0.493 e. The fraction of sp³-hybridized carbons (Fsp3) is 0.296. The van der Waals surface area contributed by atoms with Gasteiger partial charge in [0.05, 0.1) is 26.8 Å². The van der Waals surface area contributed by atoms with Crippen molar-refractivity contribution in [1.29, 1.82) is 0 Å². The lowest BCUT2D eigenvalue weighted by molar-refractivity contribution is -0.173. The summed E-state index contributed by atoms with van der Waals surface area (Å²) in [5.41, 5.74) is 2.15. The van der Waals surface area contributed by atoms with Crippen LogP contribution < -0.4 is 20.1 Å². The summed E-state index contributed by atoms with van der Waals surface area (Å²) >= 11 is 5.95. The van der Waals surface area contributed by atoms with Crippen LogP contribution in [0.4, 0.5) is 24.8 Å². The Morgan fingerprint density at radius 1 is 1.07 bits per heavy atom. The van der Waals surface area contributed by atoms with Crippen molar-refractivity contribution in [2.75, 3.05) is 24.9 Å². The molecule has 210 valence electrons. The minimum atomic E-state index is -4.59. The Balaban J connectivity index is 1.37. The van der Waals surface area contributed by atoms with Crippen LogP contribution in [0.25, 0.3) is 0 Å². The number of alkyl halides is 3. The highest BCUT2D eigenvalue weighted by atomic mass is 35.5. The number of benzene rings is 2. The van der Waals surface area contributed by atoms with Crippen molar-refractivity contribution in [3.8, 4) is 11.5 Å². The molecule has 2 aromatic carbocycles. The monoisotopic (exact) mass is 574 g/mol. The van der Waals surface area contributed by atoms with E-state index < -0.39 is 24.2 Å². The van der Waals surface area contributed by atoms with E-state index in [9.17, 15) is 18.0 Å². The van der Waals surface area contributed by atoms with Gasteiger partial charge >= 0.3 is 6.18 Å². The number of hydrogen-bond donors (Lipinski definition) is 2. The van der Waals surface area contributed by atoms with Crippen LogP contribution >= 0.6 is 11.6 Å². The van der Waals surface area contributed by atoms with Crippen molar-refractivity contribution in [2.45, 2.75) is 38.1 Å². The maximum atomic E-state index is 14.1. The van der Waals surface area contributed by atoms with Crippen molar-refractivity contribution < 1.29 is 27.4 Å². The molecular formula is C27H26ClF3N6O3. The van der Waals surface area contributed by atoms with Crippen LogP contribution in [0.1, 0.15) is 45.8 Å². The second kappa shape index (κ2) is 10.8. The van der Waals surface area contributed by atoms with E-state index in [2.05, 4.69) is 20.8 Å². The topological polar surface area (TPSA) is 95.2 Å². The highest BCUT2D eigenvalue weighted by molar-refractivity contribution is 6.30. The third kappa shape index (κ3) is 5.57. The molecule has 1 aliphatic rings. The summed E-state index contributed by atoms with van der Waals surface area (Å²) in [6, 6.07) is 12.6. The highest BCUT2D eigenvalue weighted by Crippen LogP contribution is 2.44. The molecule has 9 nitrogen and oxygen atoms in total. The molecule has 1 aliphatic heterocycles. The first-order chi connectivity index (χ1) is 19.0. The van der Waals surface area contributed by atoms with Gasteiger partial charge in [0.15, 0.2) is 29.1 Å². The van der Waals surface area contributed by atoms with Gasteiger partial charge in [-0.1, -0.05) is 29.8 Å². The molecule has 5 rings (SSSR count). The number of fused-ring (bicyclic) bond motifs is 1. The molecular weight excluding hydrogens is 549 g/mol. The number of anilines is 2. The summed E-state index contributed by atoms with van der Waals surface area (Å²) in [6.07, 6.45) is -4.92. The first-order valence-corrected chi connectivity index (χ1v) is 12.7. The lowest BCUT2D eigenvalue weighted by Crippen LogP contribution is -2.35. The number of ether oxygens (including phenoxy) is 2.